The zero-order valence-electron chi connectivity index (χ0n) is 21.6. The van der Waals surface area contributed by atoms with Gasteiger partial charge in [0.1, 0.15) is 0 Å². The third-order valence-corrected chi connectivity index (χ3v) is 8.43. The SMILES string of the molecule is CC(=O)NC1(c2ccccc2)CCN(CCC(c2ccc(Cl)c(Cl)c2)C(CC(=O)O)c2ccccc2)CC1. The van der Waals surface area contributed by atoms with Gasteiger partial charge in [-0.2, -0.15) is 0 Å². The van der Waals surface area contributed by atoms with Gasteiger partial charge in [0.15, 0.2) is 0 Å². The lowest BCUT2D eigenvalue weighted by Gasteiger charge is -2.43. The first-order valence-corrected chi connectivity index (χ1v) is 13.8. The number of likely N-dealkylation sites (tertiary alicyclic amines) is 1. The van der Waals surface area contributed by atoms with Gasteiger partial charge < -0.3 is 15.3 Å². The van der Waals surface area contributed by atoms with Crippen LogP contribution in [0.2, 0.25) is 10.0 Å². The van der Waals surface area contributed by atoms with Gasteiger partial charge in [-0.1, -0.05) is 89.9 Å². The van der Waals surface area contributed by atoms with Gasteiger partial charge in [0.2, 0.25) is 5.91 Å². The molecule has 0 aromatic heterocycles. The fraction of sp³-hybridized carbons (Fsp3) is 0.355. The van der Waals surface area contributed by atoms with E-state index >= 15 is 0 Å². The smallest absolute Gasteiger partial charge is 0.303 e. The quantitative estimate of drug-likeness (QED) is 0.288. The second-order valence-electron chi connectivity index (χ2n) is 10.2. The number of nitrogens with zero attached hydrogens (tertiary/aromatic N) is 1. The van der Waals surface area contributed by atoms with Crippen molar-refractivity contribution in [3.8, 4) is 0 Å². The third-order valence-electron chi connectivity index (χ3n) is 7.69. The lowest BCUT2D eigenvalue weighted by atomic mass is 9.77. The summed E-state index contributed by atoms with van der Waals surface area (Å²) in [5, 5.41) is 14.0. The highest BCUT2D eigenvalue weighted by Crippen LogP contribution is 2.41. The molecule has 3 aromatic rings. The number of hydrogen-bond donors (Lipinski definition) is 2. The maximum atomic E-state index is 12.1. The Kier molecular flexibility index (Phi) is 9.48. The van der Waals surface area contributed by atoms with Crippen LogP contribution < -0.4 is 5.32 Å². The summed E-state index contributed by atoms with van der Waals surface area (Å²) in [6.07, 6.45) is 2.41. The van der Waals surface area contributed by atoms with Crippen LogP contribution in [0, 0.1) is 0 Å². The van der Waals surface area contributed by atoms with Crippen LogP contribution in [0.4, 0.5) is 0 Å². The number of aliphatic carboxylic acids is 1. The van der Waals surface area contributed by atoms with E-state index in [0.717, 1.165) is 55.6 Å². The van der Waals surface area contributed by atoms with Crippen LogP contribution in [0.5, 0.6) is 0 Å². The molecule has 38 heavy (non-hydrogen) atoms. The van der Waals surface area contributed by atoms with Gasteiger partial charge >= 0.3 is 5.97 Å². The summed E-state index contributed by atoms with van der Waals surface area (Å²) >= 11 is 12.6. The Balaban J connectivity index is 1.55. The largest absolute Gasteiger partial charge is 0.481 e. The van der Waals surface area contributed by atoms with Crippen molar-refractivity contribution in [2.45, 2.75) is 50.0 Å². The molecule has 2 unspecified atom stereocenters. The van der Waals surface area contributed by atoms with E-state index in [0.29, 0.717) is 10.0 Å². The van der Waals surface area contributed by atoms with E-state index in [2.05, 4.69) is 22.3 Å². The summed E-state index contributed by atoms with van der Waals surface area (Å²) in [5.74, 6) is -1.12. The summed E-state index contributed by atoms with van der Waals surface area (Å²) in [5.41, 5.74) is 2.75. The first-order chi connectivity index (χ1) is 18.3. The van der Waals surface area contributed by atoms with Crippen molar-refractivity contribution in [2.24, 2.45) is 0 Å². The Labute approximate surface area is 234 Å². The van der Waals surface area contributed by atoms with Crippen molar-refractivity contribution in [3.63, 3.8) is 0 Å². The molecule has 1 amide bonds. The Morgan fingerprint density at radius 3 is 2.11 bits per heavy atom. The van der Waals surface area contributed by atoms with Crippen LogP contribution in [0.1, 0.15) is 61.1 Å². The molecule has 1 aliphatic heterocycles. The van der Waals surface area contributed by atoms with Crippen LogP contribution in [-0.2, 0) is 15.1 Å². The summed E-state index contributed by atoms with van der Waals surface area (Å²) in [4.78, 5) is 26.5. The molecule has 7 heteroatoms. The molecule has 200 valence electrons. The minimum atomic E-state index is -0.829. The molecule has 0 spiro atoms. The molecule has 4 rings (SSSR count). The average Bonchev–Trinajstić information content (AvgIpc) is 2.91. The van der Waals surface area contributed by atoms with Gasteiger partial charge in [-0.05, 0) is 60.5 Å². The third kappa shape index (κ3) is 6.96. The van der Waals surface area contributed by atoms with E-state index in [-0.39, 0.29) is 29.7 Å². The number of carbonyl (C=O) groups excluding carboxylic acids is 1. The van der Waals surface area contributed by atoms with E-state index < -0.39 is 5.97 Å². The van der Waals surface area contributed by atoms with Gasteiger partial charge in [0.25, 0.3) is 0 Å². The molecule has 3 aromatic carbocycles. The Morgan fingerprint density at radius 2 is 1.53 bits per heavy atom. The summed E-state index contributed by atoms with van der Waals surface area (Å²) < 4.78 is 0. The highest BCUT2D eigenvalue weighted by atomic mass is 35.5. The molecule has 2 atom stereocenters. The lowest BCUT2D eigenvalue weighted by Crippen LogP contribution is -2.52. The van der Waals surface area contributed by atoms with Gasteiger partial charge in [0.05, 0.1) is 22.0 Å². The maximum absolute atomic E-state index is 12.1. The number of amides is 1. The molecule has 0 radical (unpaired) electrons. The number of nitrogens with one attached hydrogen (secondary N) is 1. The van der Waals surface area contributed by atoms with Gasteiger partial charge in [-0.25, -0.2) is 0 Å². The van der Waals surface area contributed by atoms with Crippen molar-refractivity contribution >= 4 is 35.1 Å². The number of piperidine rings is 1. The van der Waals surface area contributed by atoms with E-state index in [1.54, 1.807) is 13.0 Å². The van der Waals surface area contributed by atoms with Crippen LogP contribution in [0.25, 0.3) is 0 Å². The number of rotatable bonds is 10. The Morgan fingerprint density at radius 1 is 0.895 bits per heavy atom. The van der Waals surface area contributed by atoms with Gasteiger partial charge in [0, 0.05) is 25.9 Å². The highest BCUT2D eigenvalue weighted by Gasteiger charge is 2.37. The molecular formula is C31H34Cl2N2O3. The van der Waals surface area contributed by atoms with E-state index in [4.69, 9.17) is 23.2 Å². The fourth-order valence-electron chi connectivity index (χ4n) is 5.78. The molecule has 1 heterocycles. The molecule has 1 saturated heterocycles. The number of carbonyl (C=O) groups is 2. The van der Waals surface area contributed by atoms with Gasteiger partial charge in [-0.3, -0.25) is 9.59 Å². The zero-order valence-corrected chi connectivity index (χ0v) is 23.1. The van der Waals surface area contributed by atoms with Crippen LogP contribution in [0.3, 0.4) is 0 Å². The zero-order chi connectivity index (χ0) is 27.1. The normalized spacial score (nSPS) is 16.9. The second kappa shape index (κ2) is 12.8. The molecule has 0 aliphatic carbocycles. The van der Waals surface area contributed by atoms with Crippen LogP contribution >= 0.6 is 23.2 Å². The number of benzene rings is 3. The molecule has 1 fully saturated rings. The molecule has 5 nitrogen and oxygen atoms in total. The van der Waals surface area contributed by atoms with Gasteiger partial charge in [-0.15, -0.1) is 0 Å². The number of carboxylic acid groups (broad SMARTS) is 1. The number of hydrogen-bond acceptors (Lipinski definition) is 3. The van der Waals surface area contributed by atoms with E-state index in [1.165, 1.54) is 0 Å². The van der Waals surface area contributed by atoms with Crippen molar-refractivity contribution in [3.05, 3.63) is 106 Å². The monoisotopic (exact) mass is 552 g/mol. The minimum absolute atomic E-state index is 0.0224. The number of carboxylic acids is 1. The fourth-order valence-corrected chi connectivity index (χ4v) is 6.09. The van der Waals surface area contributed by atoms with Crippen LogP contribution in [-0.4, -0.2) is 41.5 Å². The highest BCUT2D eigenvalue weighted by molar-refractivity contribution is 6.42. The van der Waals surface area contributed by atoms with Crippen LogP contribution in [0.15, 0.2) is 78.9 Å². The minimum Gasteiger partial charge on any atom is -0.481 e. The van der Waals surface area contributed by atoms with Crippen molar-refractivity contribution in [1.82, 2.24) is 10.2 Å². The first kappa shape index (κ1) is 28.2. The Hall–Kier alpha value is -2.86. The standard InChI is InChI=1S/C31H34Cl2N2O3/c1-22(36)34-31(25-10-6-3-7-11-25)15-18-35(19-16-31)17-14-26(24-12-13-28(32)29(33)20-24)27(21-30(37)38)23-8-4-2-5-9-23/h2-13,20,26-27H,14-19,21H2,1H3,(H,34,36)(H,37,38). The molecular weight excluding hydrogens is 519 g/mol. The van der Waals surface area contributed by atoms with E-state index in [9.17, 15) is 14.7 Å². The van der Waals surface area contributed by atoms with Crippen molar-refractivity contribution < 1.29 is 14.7 Å². The molecule has 2 N–H and O–H groups in total. The summed E-state index contributed by atoms with van der Waals surface area (Å²) in [7, 11) is 0. The molecule has 0 saturated carbocycles. The summed E-state index contributed by atoms with van der Waals surface area (Å²) in [6.45, 7) is 4.04. The predicted molar refractivity (Wildman–Crippen MR) is 153 cm³/mol. The number of halogens is 2. The van der Waals surface area contributed by atoms with Crippen molar-refractivity contribution in [2.75, 3.05) is 19.6 Å². The lowest BCUT2D eigenvalue weighted by molar-refractivity contribution is -0.137. The Bertz CT molecular complexity index is 1230. The maximum Gasteiger partial charge on any atom is 0.303 e. The molecule has 1 aliphatic rings. The molecule has 0 bridgehead atoms. The topological polar surface area (TPSA) is 69.6 Å². The second-order valence-corrected chi connectivity index (χ2v) is 11.0. The van der Waals surface area contributed by atoms with Crippen molar-refractivity contribution in [1.29, 1.82) is 0 Å². The predicted octanol–water partition coefficient (Wildman–Crippen LogP) is 6.85. The summed E-state index contributed by atoms with van der Waals surface area (Å²) in [6, 6.07) is 25.7. The average molecular weight is 554 g/mol. The van der Waals surface area contributed by atoms with E-state index in [1.807, 2.05) is 60.7 Å². The first-order valence-electron chi connectivity index (χ1n) is 13.1.